The van der Waals surface area contributed by atoms with Crippen LogP contribution in [0.15, 0.2) is 36.4 Å². The maximum absolute atomic E-state index is 13.4. The molecule has 0 saturated heterocycles. The molecule has 0 aromatic heterocycles. The predicted molar refractivity (Wildman–Crippen MR) is 174 cm³/mol. The Hall–Kier alpha value is -2.33. The van der Waals surface area contributed by atoms with Gasteiger partial charge in [0.05, 0.1) is 23.1 Å². The number of amides is 1. The van der Waals surface area contributed by atoms with E-state index in [4.69, 9.17) is 25.8 Å². The Labute approximate surface area is 267 Å². The lowest BCUT2D eigenvalue weighted by Crippen LogP contribution is -2.54. The number of anilines is 1. The molecule has 2 aromatic rings. The molecular formula is C34H47ClN2O6S. The lowest BCUT2D eigenvalue weighted by molar-refractivity contribution is -0.147. The van der Waals surface area contributed by atoms with Crippen LogP contribution in [-0.4, -0.2) is 59.1 Å². The Morgan fingerprint density at radius 1 is 1.05 bits per heavy atom. The van der Waals surface area contributed by atoms with E-state index >= 15 is 0 Å². The number of hydrogen-bond donors (Lipinski definition) is 1. The quantitative estimate of drug-likeness (QED) is 0.413. The topological polar surface area (TPSA) is 94.2 Å². The summed E-state index contributed by atoms with van der Waals surface area (Å²) < 4.78 is 47.6. The second kappa shape index (κ2) is 14.0. The SMILES string of the molecule is COC[C@@]1(OC)CCC[C@H](C)[C@@H](C)S(=O)(=O)NC(=O)c2ccc3c(c2)N(CCCCc2cc(Cl)ccc2CO3)C[C@@H]2CC[C@H]21. The largest absolute Gasteiger partial charge is 0.487 e. The number of hydrogen-bond acceptors (Lipinski definition) is 7. The zero-order valence-electron chi connectivity index (χ0n) is 26.4. The Bertz CT molecular complexity index is 1430. The molecule has 1 N–H and O–H groups in total. The van der Waals surface area contributed by atoms with Crippen molar-refractivity contribution in [3.8, 4) is 5.75 Å². The minimum Gasteiger partial charge on any atom is -0.487 e. The first-order valence-corrected chi connectivity index (χ1v) is 17.9. The molecule has 5 rings (SSSR count). The molecule has 10 heteroatoms. The number of sulfonamides is 1. The van der Waals surface area contributed by atoms with Crippen molar-refractivity contribution in [3.63, 3.8) is 0 Å². The van der Waals surface area contributed by atoms with Crippen LogP contribution in [0.1, 0.15) is 80.3 Å². The van der Waals surface area contributed by atoms with Crippen molar-refractivity contribution in [1.82, 2.24) is 4.72 Å². The summed E-state index contributed by atoms with van der Waals surface area (Å²) in [4.78, 5) is 15.8. The van der Waals surface area contributed by atoms with E-state index in [0.717, 1.165) is 69.3 Å². The van der Waals surface area contributed by atoms with Gasteiger partial charge in [0.25, 0.3) is 5.91 Å². The van der Waals surface area contributed by atoms with Crippen molar-refractivity contribution in [3.05, 3.63) is 58.1 Å². The molecule has 0 unspecified atom stereocenters. The van der Waals surface area contributed by atoms with Crippen LogP contribution < -0.4 is 14.4 Å². The number of nitrogens with one attached hydrogen (secondary N) is 1. The van der Waals surface area contributed by atoms with Crippen molar-refractivity contribution >= 4 is 33.2 Å². The second-order valence-electron chi connectivity index (χ2n) is 13.0. The molecule has 0 radical (unpaired) electrons. The van der Waals surface area contributed by atoms with Gasteiger partial charge in [0.15, 0.2) is 0 Å². The molecule has 3 aliphatic rings. The van der Waals surface area contributed by atoms with Crippen LogP contribution >= 0.6 is 11.6 Å². The van der Waals surface area contributed by atoms with E-state index in [1.165, 1.54) is 5.56 Å². The minimum atomic E-state index is -3.90. The van der Waals surface area contributed by atoms with Gasteiger partial charge in [0.2, 0.25) is 10.0 Å². The van der Waals surface area contributed by atoms with Gasteiger partial charge in [-0.1, -0.05) is 31.0 Å². The third-order valence-corrected chi connectivity index (χ3v) is 12.5. The Kier molecular flexibility index (Phi) is 10.5. The summed E-state index contributed by atoms with van der Waals surface area (Å²) in [6.07, 6.45) is 7.26. The first-order valence-electron chi connectivity index (χ1n) is 16.0. The fraction of sp³-hybridized carbons (Fsp3) is 0.618. The maximum atomic E-state index is 13.4. The van der Waals surface area contributed by atoms with E-state index < -0.39 is 26.8 Å². The molecule has 0 spiro atoms. The van der Waals surface area contributed by atoms with Gasteiger partial charge in [-0.3, -0.25) is 4.79 Å². The fourth-order valence-electron chi connectivity index (χ4n) is 7.31. The number of ether oxygens (including phenoxy) is 3. The van der Waals surface area contributed by atoms with E-state index in [1.807, 2.05) is 25.1 Å². The molecule has 1 saturated carbocycles. The molecule has 8 nitrogen and oxygen atoms in total. The van der Waals surface area contributed by atoms with Crippen LogP contribution in [0.3, 0.4) is 0 Å². The average molecular weight is 647 g/mol. The van der Waals surface area contributed by atoms with Gasteiger partial charge in [-0.25, -0.2) is 13.1 Å². The first-order chi connectivity index (χ1) is 21.1. The monoisotopic (exact) mass is 646 g/mol. The number of halogens is 1. The molecule has 1 fully saturated rings. The van der Waals surface area contributed by atoms with Crippen molar-refractivity contribution in [2.24, 2.45) is 17.8 Å². The van der Waals surface area contributed by atoms with Crippen LogP contribution in [0.25, 0.3) is 0 Å². The highest BCUT2D eigenvalue weighted by atomic mass is 35.5. The minimum absolute atomic E-state index is 0.142. The van der Waals surface area contributed by atoms with Gasteiger partial charge < -0.3 is 19.1 Å². The van der Waals surface area contributed by atoms with E-state index in [1.54, 1.807) is 39.3 Å². The molecule has 2 aliphatic heterocycles. The molecule has 2 bridgehead atoms. The Morgan fingerprint density at radius 2 is 1.86 bits per heavy atom. The summed E-state index contributed by atoms with van der Waals surface area (Å²) in [6, 6.07) is 11.2. The normalized spacial score (nSPS) is 29.6. The molecule has 2 heterocycles. The lowest BCUT2D eigenvalue weighted by atomic mass is 9.63. The molecular weight excluding hydrogens is 600 g/mol. The summed E-state index contributed by atoms with van der Waals surface area (Å²) in [7, 11) is -0.393. The molecule has 1 amide bonds. The number of fused-ring (bicyclic) bond motifs is 3. The lowest BCUT2D eigenvalue weighted by Gasteiger charge is -2.51. The van der Waals surface area contributed by atoms with Crippen molar-refractivity contribution in [1.29, 1.82) is 0 Å². The smallest absolute Gasteiger partial charge is 0.264 e. The highest BCUT2D eigenvalue weighted by molar-refractivity contribution is 7.90. The first kappa shape index (κ1) is 33.0. The number of carbonyl (C=O) groups is 1. The molecule has 242 valence electrons. The maximum Gasteiger partial charge on any atom is 0.264 e. The van der Waals surface area contributed by atoms with E-state index in [-0.39, 0.29) is 5.92 Å². The second-order valence-corrected chi connectivity index (χ2v) is 15.5. The summed E-state index contributed by atoms with van der Waals surface area (Å²) in [5.41, 5.74) is 2.93. The number of methoxy groups -OCH3 is 2. The Morgan fingerprint density at radius 3 is 2.59 bits per heavy atom. The van der Waals surface area contributed by atoms with E-state index in [0.29, 0.717) is 47.8 Å². The third-order valence-electron chi connectivity index (χ3n) is 10.4. The van der Waals surface area contributed by atoms with E-state index in [9.17, 15) is 13.2 Å². The van der Waals surface area contributed by atoms with Gasteiger partial charge in [0, 0.05) is 37.9 Å². The zero-order valence-corrected chi connectivity index (χ0v) is 28.0. The average Bonchev–Trinajstić information content (AvgIpc) is 3.01. The van der Waals surface area contributed by atoms with Crippen LogP contribution in [-0.2, 0) is 32.5 Å². The number of rotatable bonds is 3. The van der Waals surface area contributed by atoms with Crippen LogP contribution in [0.5, 0.6) is 5.75 Å². The van der Waals surface area contributed by atoms with Crippen LogP contribution in [0, 0.1) is 17.8 Å². The molecule has 2 aromatic carbocycles. The van der Waals surface area contributed by atoms with Crippen molar-refractivity contribution in [2.45, 2.75) is 82.7 Å². The number of carbonyl (C=O) groups excluding carboxylic acids is 1. The molecule has 5 atom stereocenters. The standard InChI is InChI=1S/C34H47ClN2O6S/c1-23-8-7-16-34(42-4,22-41-3)30-14-11-27(30)20-37-17-6-5-9-25-18-29(35)13-10-28(25)21-43-32-15-12-26(19-31(32)37)33(38)36-44(39,40)24(23)2/h10,12-13,15,18-19,23-24,27,30H,5-9,11,14,16-17,20-22H2,1-4H3,(H,36,38)/t23-,24+,27-,30+,34-/m0/s1. The summed E-state index contributed by atoms with van der Waals surface area (Å²) in [5, 5.41) is -0.0171. The highest BCUT2D eigenvalue weighted by Gasteiger charge is 2.48. The summed E-state index contributed by atoms with van der Waals surface area (Å²) in [6.45, 7) is 6.04. The third kappa shape index (κ3) is 7.06. The fourth-order valence-corrected chi connectivity index (χ4v) is 8.81. The van der Waals surface area contributed by atoms with Gasteiger partial charge in [0.1, 0.15) is 12.4 Å². The Balaban J connectivity index is 1.56. The van der Waals surface area contributed by atoms with Gasteiger partial charge in [-0.2, -0.15) is 0 Å². The number of aryl methyl sites for hydroxylation is 1. The van der Waals surface area contributed by atoms with Crippen LogP contribution in [0.2, 0.25) is 5.02 Å². The van der Waals surface area contributed by atoms with Crippen molar-refractivity contribution in [2.75, 3.05) is 38.8 Å². The van der Waals surface area contributed by atoms with E-state index in [2.05, 4.69) is 9.62 Å². The number of nitrogens with zero attached hydrogens (tertiary/aromatic N) is 1. The summed E-state index contributed by atoms with van der Waals surface area (Å²) >= 11 is 6.34. The van der Waals surface area contributed by atoms with Crippen molar-refractivity contribution < 1.29 is 27.4 Å². The highest BCUT2D eigenvalue weighted by Crippen LogP contribution is 2.47. The van der Waals surface area contributed by atoms with Gasteiger partial charge in [-0.05, 0) is 111 Å². The molecule has 1 aliphatic carbocycles. The van der Waals surface area contributed by atoms with Gasteiger partial charge >= 0.3 is 0 Å². The number of benzene rings is 2. The van der Waals surface area contributed by atoms with Crippen LogP contribution in [0.4, 0.5) is 5.69 Å². The zero-order chi connectivity index (χ0) is 31.5. The molecule has 44 heavy (non-hydrogen) atoms. The predicted octanol–water partition coefficient (Wildman–Crippen LogP) is 6.39. The summed E-state index contributed by atoms with van der Waals surface area (Å²) in [5.74, 6) is 0.587. The van der Waals surface area contributed by atoms with Gasteiger partial charge in [-0.15, -0.1) is 0 Å².